The van der Waals surface area contributed by atoms with Crippen molar-refractivity contribution in [2.75, 3.05) is 10.0 Å². The first-order valence-corrected chi connectivity index (χ1v) is 10.7. The molecule has 1 aromatic heterocycles. The number of para-hydroxylation sites is 1. The molecule has 0 unspecified atom stereocenters. The van der Waals surface area contributed by atoms with Gasteiger partial charge in [0, 0.05) is 11.1 Å². The zero-order chi connectivity index (χ0) is 19.3. The Hall–Kier alpha value is -2.71. The first-order valence-electron chi connectivity index (χ1n) is 8.38. The van der Waals surface area contributed by atoms with Crippen molar-refractivity contribution in [3.63, 3.8) is 0 Å². The van der Waals surface area contributed by atoms with E-state index in [0.29, 0.717) is 5.69 Å². The summed E-state index contributed by atoms with van der Waals surface area (Å²) in [5.74, 6) is -0.196. The summed E-state index contributed by atoms with van der Waals surface area (Å²) in [6.07, 6.45) is 0.889. The number of hydrogen-bond acceptors (Lipinski definition) is 5. The molecule has 2 aromatic carbocycles. The second kappa shape index (κ2) is 8.32. The first kappa shape index (κ1) is 19.1. The number of aromatic nitrogens is 1. The average molecular weight is 402 g/mol. The lowest BCUT2D eigenvalue weighted by atomic mass is 10.1. The Kier molecular flexibility index (Phi) is 5.88. The Morgan fingerprint density at radius 2 is 1.78 bits per heavy atom. The van der Waals surface area contributed by atoms with Crippen LogP contribution in [-0.4, -0.2) is 19.3 Å². The number of amides is 1. The topological polar surface area (TPSA) is 88.2 Å². The van der Waals surface area contributed by atoms with Gasteiger partial charge in [-0.15, -0.1) is 11.3 Å². The number of carbonyl (C=O) groups is 1. The molecule has 1 heterocycles. The van der Waals surface area contributed by atoms with Crippen LogP contribution in [0, 0.1) is 0 Å². The molecule has 27 heavy (non-hydrogen) atoms. The summed E-state index contributed by atoms with van der Waals surface area (Å²) in [6, 6.07) is 15.7. The zero-order valence-electron chi connectivity index (χ0n) is 14.7. The Balaban J connectivity index is 1.65. The van der Waals surface area contributed by atoms with Gasteiger partial charge in [0.1, 0.15) is 0 Å². The third kappa shape index (κ3) is 4.93. The van der Waals surface area contributed by atoms with Crippen LogP contribution < -0.4 is 10.0 Å². The van der Waals surface area contributed by atoms with Gasteiger partial charge in [-0.2, -0.15) is 0 Å². The molecule has 0 saturated carbocycles. The number of carbonyl (C=O) groups excluding carboxylic acids is 1. The summed E-state index contributed by atoms with van der Waals surface area (Å²) in [7, 11) is -3.69. The van der Waals surface area contributed by atoms with E-state index in [4.69, 9.17) is 0 Å². The maximum Gasteiger partial charge on any atom is 0.263 e. The van der Waals surface area contributed by atoms with Crippen LogP contribution in [0.1, 0.15) is 18.2 Å². The molecule has 0 spiro atoms. The van der Waals surface area contributed by atoms with Crippen molar-refractivity contribution in [2.45, 2.75) is 24.7 Å². The average Bonchev–Trinajstić information content (AvgIpc) is 3.08. The molecule has 0 saturated heterocycles. The van der Waals surface area contributed by atoms with Crippen LogP contribution in [0.25, 0.3) is 0 Å². The summed E-state index contributed by atoms with van der Waals surface area (Å²) < 4.78 is 27.1. The Morgan fingerprint density at radius 1 is 1.07 bits per heavy atom. The normalized spacial score (nSPS) is 11.1. The van der Waals surface area contributed by atoms with E-state index in [1.54, 1.807) is 23.6 Å². The predicted octanol–water partition coefficient (Wildman–Crippen LogP) is 3.69. The highest BCUT2D eigenvalue weighted by molar-refractivity contribution is 7.93. The second-order valence-corrected chi connectivity index (χ2v) is 8.34. The molecular weight excluding hydrogens is 382 g/mol. The van der Waals surface area contributed by atoms with Crippen molar-refractivity contribution < 1.29 is 13.2 Å². The zero-order valence-corrected chi connectivity index (χ0v) is 16.3. The van der Waals surface area contributed by atoms with Crippen LogP contribution in [0.4, 0.5) is 10.8 Å². The predicted molar refractivity (Wildman–Crippen MR) is 108 cm³/mol. The van der Waals surface area contributed by atoms with E-state index in [1.165, 1.54) is 12.1 Å². The van der Waals surface area contributed by atoms with Gasteiger partial charge in [0.2, 0.25) is 5.91 Å². The molecule has 140 valence electrons. The van der Waals surface area contributed by atoms with Crippen LogP contribution in [0.15, 0.2) is 64.9 Å². The Labute approximate surface area is 162 Å². The highest BCUT2D eigenvalue weighted by atomic mass is 32.2. The van der Waals surface area contributed by atoms with Gasteiger partial charge in [-0.3, -0.25) is 9.52 Å². The lowest BCUT2D eigenvalue weighted by molar-refractivity contribution is -0.115. The molecule has 6 nitrogen and oxygen atoms in total. The summed E-state index contributed by atoms with van der Waals surface area (Å²) in [6.45, 7) is 2.02. The number of rotatable bonds is 7. The third-order valence-corrected chi connectivity index (χ3v) is 6.13. The van der Waals surface area contributed by atoms with Gasteiger partial charge in [-0.1, -0.05) is 43.3 Å². The fourth-order valence-corrected chi connectivity index (χ4v) is 4.50. The molecule has 2 N–H and O–H groups in total. The maximum atomic E-state index is 12.3. The van der Waals surface area contributed by atoms with Gasteiger partial charge in [0.25, 0.3) is 10.0 Å². The molecule has 0 fully saturated rings. The summed E-state index contributed by atoms with van der Waals surface area (Å²) >= 11 is 1.15. The lowest BCUT2D eigenvalue weighted by Gasteiger charge is -2.08. The van der Waals surface area contributed by atoms with E-state index < -0.39 is 10.0 Å². The maximum absolute atomic E-state index is 12.3. The van der Waals surface area contributed by atoms with E-state index in [1.807, 2.05) is 31.2 Å². The van der Waals surface area contributed by atoms with Crippen LogP contribution in [0.2, 0.25) is 0 Å². The number of aryl methyl sites for hydroxylation is 1. The van der Waals surface area contributed by atoms with E-state index in [9.17, 15) is 13.2 Å². The first-order chi connectivity index (χ1) is 13.0. The minimum absolute atomic E-state index is 0.0710. The number of thiazole rings is 1. The van der Waals surface area contributed by atoms with Gasteiger partial charge in [-0.05, 0) is 30.2 Å². The molecule has 1 amide bonds. The fourth-order valence-electron chi connectivity index (χ4n) is 2.52. The highest BCUT2D eigenvalue weighted by Crippen LogP contribution is 2.21. The number of anilines is 2. The minimum Gasteiger partial charge on any atom is -0.325 e. The van der Waals surface area contributed by atoms with Crippen molar-refractivity contribution in [1.29, 1.82) is 0 Å². The monoisotopic (exact) mass is 401 g/mol. The Morgan fingerprint density at radius 3 is 2.52 bits per heavy atom. The van der Waals surface area contributed by atoms with Gasteiger partial charge in [0.15, 0.2) is 5.13 Å². The van der Waals surface area contributed by atoms with Crippen LogP contribution in [-0.2, 0) is 27.7 Å². The van der Waals surface area contributed by atoms with Crippen molar-refractivity contribution in [1.82, 2.24) is 4.98 Å². The van der Waals surface area contributed by atoms with E-state index in [-0.39, 0.29) is 22.4 Å². The van der Waals surface area contributed by atoms with Crippen molar-refractivity contribution in [2.24, 2.45) is 0 Å². The SMILES string of the molecule is CCc1ccccc1NC(=O)Cc1csc(NS(=O)(=O)c2ccccc2)n1. The van der Waals surface area contributed by atoms with Crippen LogP contribution >= 0.6 is 11.3 Å². The third-order valence-electron chi connectivity index (χ3n) is 3.84. The number of benzene rings is 2. The molecular formula is C19H19N3O3S2. The summed E-state index contributed by atoms with van der Waals surface area (Å²) in [5.41, 5.74) is 2.35. The summed E-state index contributed by atoms with van der Waals surface area (Å²) in [4.78, 5) is 16.7. The van der Waals surface area contributed by atoms with Crippen molar-refractivity contribution in [3.05, 3.63) is 71.2 Å². The molecule has 0 radical (unpaired) electrons. The van der Waals surface area contributed by atoms with Gasteiger partial charge < -0.3 is 5.32 Å². The molecule has 0 bridgehead atoms. The van der Waals surface area contributed by atoms with Crippen molar-refractivity contribution >= 4 is 38.1 Å². The molecule has 0 aliphatic heterocycles. The second-order valence-electron chi connectivity index (χ2n) is 5.80. The molecule has 0 atom stereocenters. The smallest absolute Gasteiger partial charge is 0.263 e. The Bertz CT molecular complexity index is 1030. The number of hydrogen-bond donors (Lipinski definition) is 2. The lowest BCUT2D eigenvalue weighted by Crippen LogP contribution is -2.16. The fraction of sp³-hybridized carbons (Fsp3) is 0.158. The standard InChI is InChI=1S/C19H19N3O3S2/c1-2-14-8-6-7-11-17(14)21-18(23)12-15-13-26-19(20-15)22-27(24,25)16-9-4-3-5-10-16/h3-11,13H,2,12H2,1H3,(H,20,22)(H,21,23). The van der Waals surface area contributed by atoms with Gasteiger partial charge in [-0.25, -0.2) is 13.4 Å². The molecule has 0 aliphatic rings. The molecule has 8 heteroatoms. The van der Waals surface area contributed by atoms with Gasteiger partial charge in [0.05, 0.1) is 17.0 Å². The largest absolute Gasteiger partial charge is 0.325 e. The quantitative estimate of drug-likeness (QED) is 0.632. The molecule has 3 aromatic rings. The van der Waals surface area contributed by atoms with E-state index in [0.717, 1.165) is 29.0 Å². The molecule has 0 aliphatic carbocycles. The van der Waals surface area contributed by atoms with Gasteiger partial charge >= 0.3 is 0 Å². The minimum atomic E-state index is -3.69. The van der Waals surface area contributed by atoms with Crippen LogP contribution in [0.5, 0.6) is 0 Å². The van der Waals surface area contributed by atoms with E-state index in [2.05, 4.69) is 15.0 Å². The number of sulfonamides is 1. The van der Waals surface area contributed by atoms with Crippen LogP contribution in [0.3, 0.4) is 0 Å². The highest BCUT2D eigenvalue weighted by Gasteiger charge is 2.16. The number of nitrogens with one attached hydrogen (secondary N) is 2. The molecule has 3 rings (SSSR count). The van der Waals surface area contributed by atoms with E-state index >= 15 is 0 Å². The van der Waals surface area contributed by atoms with Crippen molar-refractivity contribution in [3.8, 4) is 0 Å². The summed E-state index contributed by atoms with van der Waals surface area (Å²) in [5, 5.41) is 4.79. The number of nitrogens with zero attached hydrogens (tertiary/aromatic N) is 1.